The van der Waals surface area contributed by atoms with Crippen LogP contribution in [0, 0.1) is 28.9 Å². The zero-order valence-corrected chi connectivity index (χ0v) is 20.3. The Bertz CT molecular complexity index is 1360. The number of esters is 1. The zero-order valence-electron chi connectivity index (χ0n) is 20.3. The van der Waals surface area contributed by atoms with E-state index in [4.69, 9.17) is 14.2 Å². The number of halogens is 3. The number of hydrogen-bond acceptors (Lipinski definition) is 8. The number of ether oxygens (including phenoxy) is 3. The second kappa shape index (κ2) is 12.4. The highest BCUT2D eigenvalue weighted by molar-refractivity contribution is 5.85. The third kappa shape index (κ3) is 6.50. The smallest absolute Gasteiger partial charge is 0.329 e. The van der Waals surface area contributed by atoms with Crippen LogP contribution in [0.25, 0.3) is 0 Å². The van der Waals surface area contributed by atoms with E-state index in [1.54, 1.807) is 24.3 Å². The van der Waals surface area contributed by atoms with Crippen molar-refractivity contribution in [1.82, 2.24) is 4.98 Å². The standard InChI is InChI=1S/C26H22F3N3O6/c1-3-36-26(35)17(12-20(33)34)32(2)23-21(27)24(29)31-25(22(23)28)38-19-11-16(13-30)9-10-18(19)37-14-15-7-5-4-6-8-15/h4-11,17H,3,12,14H2,1-2H3,(H,33,34). The van der Waals surface area contributed by atoms with Crippen molar-refractivity contribution in [1.29, 1.82) is 5.26 Å². The van der Waals surface area contributed by atoms with Gasteiger partial charge in [0.25, 0.3) is 11.8 Å². The number of carboxylic acid groups (broad SMARTS) is 1. The van der Waals surface area contributed by atoms with Crippen molar-refractivity contribution in [2.75, 3.05) is 18.6 Å². The van der Waals surface area contributed by atoms with Gasteiger partial charge < -0.3 is 24.2 Å². The highest BCUT2D eigenvalue weighted by atomic mass is 19.2. The summed E-state index contributed by atoms with van der Waals surface area (Å²) in [5, 5.41) is 18.4. The Morgan fingerprint density at radius 3 is 2.45 bits per heavy atom. The summed E-state index contributed by atoms with van der Waals surface area (Å²) in [6.07, 6.45) is -0.893. The quantitative estimate of drug-likeness (QED) is 0.281. The monoisotopic (exact) mass is 529 g/mol. The molecule has 0 aliphatic rings. The SMILES string of the molecule is CCOC(=O)C(CC(=O)O)N(C)c1c(F)c(F)nc(Oc2cc(C#N)ccc2OCc2ccccc2)c1F. The largest absolute Gasteiger partial charge is 0.485 e. The van der Waals surface area contributed by atoms with Gasteiger partial charge in [-0.05, 0) is 24.6 Å². The molecule has 0 fully saturated rings. The minimum Gasteiger partial charge on any atom is -0.485 e. The lowest BCUT2D eigenvalue weighted by atomic mass is 10.1. The molecule has 0 saturated heterocycles. The summed E-state index contributed by atoms with van der Waals surface area (Å²) in [6.45, 7) is 1.40. The summed E-state index contributed by atoms with van der Waals surface area (Å²) in [5.41, 5.74) is -0.224. The van der Waals surface area contributed by atoms with Crippen molar-refractivity contribution in [2.45, 2.75) is 26.0 Å². The molecule has 0 radical (unpaired) electrons. The number of aliphatic carboxylic acids is 1. The topological polar surface area (TPSA) is 122 Å². The highest BCUT2D eigenvalue weighted by Gasteiger charge is 2.34. The minimum absolute atomic E-state index is 0.0453. The molecule has 0 bridgehead atoms. The Hall–Kier alpha value is -4.79. The maximum absolute atomic E-state index is 15.5. The molecule has 0 aliphatic carbocycles. The molecule has 1 heterocycles. The number of nitrogens with zero attached hydrogens (tertiary/aromatic N) is 3. The fourth-order valence-corrected chi connectivity index (χ4v) is 3.41. The molecule has 12 heteroatoms. The van der Waals surface area contributed by atoms with Gasteiger partial charge in [-0.3, -0.25) is 4.79 Å². The fraction of sp³-hybridized carbons (Fsp3) is 0.231. The Labute approximate surface area is 215 Å². The predicted octanol–water partition coefficient (Wildman–Crippen LogP) is 4.58. The summed E-state index contributed by atoms with van der Waals surface area (Å²) in [7, 11) is 1.000. The molecule has 3 aromatic rings. The van der Waals surface area contributed by atoms with Crippen molar-refractivity contribution in [3.8, 4) is 23.4 Å². The van der Waals surface area contributed by atoms with Crippen LogP contribution in [0.15, 0.2) is 48.5 Å². The highest BCUT2D eigenvalue weighted by Crippen LogP contribution is 2.37. The molecule has 2 aromatic carbocycles. The normalized spacial score (nSPS) is 11.3. The average Bonchev–Trinajstić information content (AvgIpc) is 2.90. The number of aromatic nitrogens is 1. The van der Waals surface area contributed by atoms with Crippen LogP contribution in [-0.2, 0) is 20.9 Å². The Morgan fingerprint density at radius 2 is 1.82 bits per heavy atom. The number of hydrogen-bond donors (Lipinski definition) is 1. The lowest BCUT2D eigenvalue weighted by molar-refractivity contribution is -0.149. The fourth-order valence-electron chi connectivity index (χ4n) is 3.41. The number of carbonyl (C=O) groups excluding carboxylic acids is 1. The van der Waals surface area contributed by atoms with Crippen LogP contribution in [0.3, 0.4) is 0 Å². The molecule has 38 heavy (non-hydrogen) atoms. The molecule has 0 aliphatic heterocycles. The second-order valence-corrected chi connectivity index (χ2v) is 7.81. The van der Waals surface area contributed by atoms with E-state index in [1.807, 2.05) is 12.1 Å². The van der Waals surface area contributed by atoms with Gasteiger partial charge in [-0.25, -0.2) is 4.79 Å². The van der Waals surface area contributed by atoms with Gasteiger partial charge in [-0.2, -0.15) is 23.4 Å². The van der Waals surface area contributed by atoms with Gasteiger partial charge in [0.1, 0.15) is 18.3 Å². The van der Waals surface area contributed by atoms with Crippen molar-refractivity contribution in [3.05, 3.63) is 77.2 Å². The summed E-state index contributed by atoms with van der Waals surface area (Å²) in [6, 6.07) is 13.2. The van der Waals surface area contributed by atoms with Gasteiger partial charge in [-0.15, -0.1) is 0 Å². The predicted molar refractivity (Wildman–Crippen MR) is 127 cm³/mol. The molecule has 1 N–H and O–H groups in total. The Kier molecular flexibility index (Phi) is 9.10. The van der Waals surface area contributed by atoms with Gasteiger partial charge in [0.2, 0.25) is 11.6 Å². The van der Waals surface area contributed by atoms with Crippen LogP contribution in [0.4, 0.5) is 18.9 Å². The first-order chi connectivity index (χ1) is 18.2. The van der Waals surface area contributed by atoms with Crippen molar-refractivity contribution >= 4 is 17.6 Å². The molecule has 0 saturated carbocycles. The van der Waals surface area contributed by atoms with Crippen molar-refractivity contribution in [2.24, 2.45) is 0 Å². The van der Waals surface area contributed by atoms with Crippen molar-refractivity contribution in [3.63, 3.8) is 0 Å². The van der Waals surface area contributed by atoms with Crippen LogP contribution >= 0.6 is 0 Å². The number of nitriles is 1. The van der Waals surface area contributed by atoms with E-state index < -0.39 is 53.6 Å². The maximum atomic E-state index is 15.5. The molecular weight excluding hydrogens is 507 g/mol. The number of rotatable bonds is 11. The van der Waals surface area contributed by atoms with Crippen LogP contribution in [0.5, 0.6) is 17.4 Å². The molecule has 9 nitrogen and oxygen atoms in total. The molecule has 0 spiro atoms. The van der Waals surface area contributed by atoms with Gasteiger partial charge in [0.05, 0.1) is 24.7 Å². The number of carbonyl (C=O) groups is 2. The summed E-state index contributed by atoms with van der Waals surface area (Å²) in [5.74, 6) is -8.84. The van der Waals surface area contributed by atoms with Gasteiger partial charge in [-0.1, -0.05) is 30.3 Å². The van der Waals surface area contributed by atoms with Gasteiger partial charge >= 0.3 is 11.9 Å². The molecule has 1 aromatic heterocycles. The van der Waals surface area contributed by atoms with E-state index in [9.17, 15) is 28.7 Å². The zero-order chi connectivity index (χ0) is 27.8. The molecule has 1 unspecified atom stereocenters. The van der Waals surface area contributed by atoms with Gasteiger partial charge in [0, 0.05) is 13.1 Å². The third-order valence-electron chi connectivity index (χ3n) is 5.25. The van der Waals surface area contributed by atoms with E-state index in [1.165, 1.54) is 25.1 Å². The first-order valence-electron chi connectivity index (χ1n) is 11.2. The number of carboxylic acids is 1. The lowest BCUT2D eigenvalue weighted by Crippen LogP contribution is -2.42. The van der Waals surface area contributed by atoms with Crippen molar-refractivity contribution < 1.29 is 42.1 Å². The molecule has 3 rings (SSSR count). The number of anilines is 1. The van der Waals surface area contributed by atoms with E-state index in [0.717, 1.165) is 12.6 Å². The molecular formula is C26H22F3N3O6. The summed E-state index contributed by atoms with van der Waals surface area (Å²) in [4.78, 5) is 27.4. The van der Waals surface area contributed by atoms with Gasteiger partial charge in [0.15, 0.2) is 11.5 Å². The average molecular weight is 529 g/mol. The summed E-state index contributed by atoms with van der Waals surface area (Å²) < 4.78 is 60.7. The Balaban J connectivity index is 2.02. The van der Waals surface area contributed by atoms with E-state index in [-0.39, 0.29) is 30.3 Å². The number of likely N-dealkylation sites (N-methyl/N-ethyl adjacent to an activating group) is 1. The van der Waals surface area contributed by atoms with Crippen LogP contribution < -0.4 is 14.4 Å². The third-order valence-corrected chi connectivity index (χ3v) is 5.25. The number of benzene rings is 2. The number of pyridine rings is 1. The Morgan fingerprint density at radius 1 is 1.11 bits per heavy atom. The van der Waals surface area contributed by atoms with Crippen LogP contribution in [-0.4, -0.2) is 41.7 Å². The second-order valence-electron chi connectivity index (χ2n) is 7.81. The molecule has 0 amide bonds. The lowest BCUT2D eigenvalue weighted by Gasteiger charge is -2.28. The van der Waals surface area contributed by atoms with Crippen LogP contribution in [0.1, 0.15) is 24.5 Å². The summed E-state index contributed by atoms with van der Waals surface area (Å²) >= 11 is 0. The van der Waals surface area contributed by atoms with E-state index in [2.05, 4.69) is 4.98 Å². The molecule has 198 valence electrons. The van der Waals surface area contributed by atoms with E-state index >= 15 is 4.39 Å². The first kappa shape index (κ1) is 27.8. The minimum atomic E-state index is -1.77. The molecule has 1 atom stereocenters. The first-order valence-corrected chi connectivity index (χ1v) is 11.2. The van der Waals surface area contributed by atoms with Crippen LogP contribution in [0.2, 0.25) is 0 Å². The maximum Gasteiger partial charge on any atom is 0.329 e. The van der Waals surface area contributed by atoms with E-state index in [0.29, 0.717) is 4.90 Å².